The van der Waals surface area contributed by atoms with Crippen molar-refractivity contribution in [1.29, 1.82) is 0 Å². The summed E-state index contributed by atoms with van der Waals surface area (Å²) in [7, 11) is 0. The molecule has 1 spiro atoms. The van der Waals surface area contributed by atoms with Crippen LogP contribution < -0.4 is 0 Å². The normalized spacial score (nSPS) is 14.3. The second-order valence-corrected chi connectivity index (χ2v) is 15.2. The second kappa shape index (κ2) is 12.8. The first kappa shape index (κ1) is 31.9. The average Bonchev–Trinajstić information content (AvgIpc) is 3.78. The predicted molar refractivity (Wildman–Crippen MR) is 226 cm³/mol. The molecular formula is C52H38N2O. The molecular weight excluding hydrogens is 669 g/mol. The lowest BCUT2D eigenvalue weighted by Gasteiger charge is -2.37. The van der Waals surface area contributed by atoms with Gasteiger partial charge in [-0.3, -0.25) is 0 Å². The van der Waals surface area contributed by atoms with Gasteiger partial charge in [0.25, 0.3) is 0 Å². The smallest absolute Gasteiger partial charge is 0.160 e. The molecule has 0 amide bonds. The fourth-order valence-corrected chi connectivity index (χ4v) is 9.61. The number of aromatic nitrogens is 2. The van der Waals surface area contributed by atoms with E-state index in [2.05, 4.69) is 146 Å². The molecule has 262 valence electrons. The van der Waals surface area contributed by atoms with E-state index < -0.39 is 0 Å². The monoisotopic (exact) mass is 706 g/mol. The number of furan rings is 1. The number of rotatable bonds is 5. The molecule has 0 aliphatic heterocycles. The Bertz CT molecular complexity index is 2880. The third-order valence-corrected chi connectivity index (χ3v) is 12.1. The standard InChI is InChI=1S/C52H38N2O/c1-4-15-34(16-5-1)35-27-29-36(30-28-35)46-33-47(54-51(53-46)37-17-6-2-7-18-37)44-25-14-24-43-42-23-13-22-41(49(42)55-50(43)44)40-21-12-20-39-38-19-8-9-26-45(38)52(48(39)40)31-10-3-11-32-52/h1-2,4-9,12-30,33H,3,10-11,31-32H2. The molecule has 55 heavy (non-hydrogen) atoms. The summed E-state index contributed by atoms with van der Waals surface area (Å²) >= 11 is 0. The minimum absolute atomic E-state index is 0.0323. The largest absolute Gasteiger partial charge is 0.455 e. The van der Waals surface area contributed by atoms with E-state index in [-0.39, 0.29) is 5.41 Å². The van der Waals surface area contributed by atoms with Gasteiger partial charge in [-0.2, -0.15) is 0 Å². The number of hydrogen-bond donors (Lipinski definition) is 0. The zero-order chi connectivity index (χ0) is 36.3. The van der Waals surface area contributed by atoms with Gasteiger partial charge >= 0.3 is 0 Å². The molecule has 11 rings (SSSR count). The van der Waals surface area contributed by atoms with E-state index in [1.807, 2.05) is 24.3 Å². The van der Waals surface area contributed by atoms with Crippen molar-refractivity contribution in [2.75, 3.05) is 0 Å². The molecule has 1 saturated carbocycles. The van der Waals surface area contributed by atoms with Crippen LogP contribution in [0.4, 0.5) is 0 Å². The van der Waals surface area contributed by atoms with Gasteiger partial charge in [-0.1, -0.05) is 177 Å². The maximum Gasteiger partial charge on any atom is 0.160 e. The topological polar surface area (TPSA) is 38.9 Å². The van der Waals surface area contributed by atoms with Crippen molar-refractivity contribution in [1.82, 2.24) is 9.97 Å². The highest BCUT2D eigenvalue weighted by atomic mass is 16.3. The van der Waals surface area contributed by atoms with Gasteiger partial charge in [0.05, 0.1) is 11.4 Å². The highest BCUT2D eigenvalue weighted by Gasteiger charge is 2.45. The van der Waals surface area contributed by atoms with Gasteiger partial charge in [0.1, 0.15) is 11.2 Å². The first-order chi connectivity index (χ1) is 27.2. The van der Waals surface area contributed by atoms with Crippen molar-refractivity contribution in [3.8, 4) is 67.3 Å². The van der Waals surface area contributed by atoms with Crippen molar-refractivity contribution in [3.05, 3.63) is 181 Å². The van der Waals surface area contributed by atoms with Gasteiger partial charge < -0.3 is 4.42 Å². The fourth-order valence-electron chi connectivity index (χ4n) is 9.61. The molecule has 1 fully saturated rings. The molecule has 2 aliphatic carbocycles. The number of hydrogen-bond acceptors (Lipinski definition) is 3. The lowest BCUT2D eigenvalue weighted by molar-refractivity contribution is 0.353. The van der Waals surface area contributed by atoms with Gasteiger partial charge in [0.15, 0.2) is 5.82 Å². The van der Waals surface area contributed by atoms with Crippen LogP contribution in [0.2, 0.25) is 0 Å². The van der Waals surface area contributed by atoms with Crippen LogP contribution in [0, 0.1) is 0 Å². The summed E-state index contributed by atoms with van der Waals surface area (Å²) in [4.78, 5) is 10.4. The van der Waals surface area contributed by atoms with Crippen molar-refractivity contribution in [3.63, 3.8) is 0 Å². The Morgan fingerprint density at radius 1 is 0.400 bits per heavy atom. The lowest BCUT2D eigenvalue weighted by atomic mass is 9.66. The quantitative estimate of drug-likeness (QED) is 0.179. The van der Waals surface area contributed by atoms with Crippen molar-refractivity contribution >= 4 is 21.9 Å². The number of para-hydroxylation sites is 2. The lowest BCUT2D eigenvalue weighted by Crippen LogP contribution is -2.28. The first-order valence-electron chi connectivity index (χ1n) is 19.5. The van der Waals surface area contributed by atoms with Crippen LogP contribution in [-0.2, 0) is 5.41 Å². The van der Waals surface area contributed by atoms with Crippen LogP contribution in [0.5, 0.6) is 0 Å². The van der Waals surface area contributed by atoms with E-state index in [1.165, 1.54) is 71.0 Å². The number of fused-ring (bicyclic) bond motifs is 8. The maximum absolute atomic E-state index is 7.13. The van der Waals surface area contributed by atoms with Crippen LogP contribution in [0.15, 0.2) is 174 Å². The Labute approximate surface area is 321 Å². The third-order valence-electron chi connectivity index (χ3n) is 12.1. The summed E-state index contributed by atoms with van der Waals surface area (Å²) in [6, 6.07) is 60.7. The minimum Gasteiger partial charge on any atom is -0.455 e. The van der Waals surface area contributed by atoms with Crippen LogP contribution in [-0.4, -0.2) is 9.97 Å². The summed E-state index contributed by atoms with van der Waals surface area (Å²) in [5, 5.41) is 2.21. The minimum atomic E-state index is 0.0323. The molecule has 2 aromatic heterocycles. The van der Waals surface area contributed by atoms with Crippen LogP contribution in [0.3, 0.4) is 0 Å². The van der Waals surface area contributed by atoms with E-state index in [4.69, 9.17) is 14.4 Å². The van der Waals surface area contributed by atoms with Gasteiger partial charge in [-0.15, -0.1) is 0 Å². The van der Waals surface area contributed by atoms with E-state index in [1.54, 1.807) is 0 Å². The Morgan fingerprint density at radius 3 is 1.67 bits per heavy atom. The molecule has 3 heteroatoms. The number of nitrogens with zero attached hydrogens (tertiary/aromatic N) is 2. The maximum atomic E-state index is 7.13. The van der Waals surface area contributed by atoms with Crippen molar-refractivity contribution < 1.29 is 4.42 Å². The summed E-state index contributed by atoms with van der Waals surface area (Å²) in [5.41, 5.74) is 17.0. The van der Waals surface area contributed by atoms with E-state index >= 15 is 0 Å². The second-order valence-electron chi connectivity index (χ2n) is 15.2. The Balaban J connectivity index is 1.09. The molecule has 0 unspecified atom stereocenters. The molecule has 0 radical (unpaired) electrons. The first-order valence-corrected chi connectivity index (χ1v) is 19.5. The van der Waals surface area contributed by atoms with Gasteiger partial charge in [0, 0.05) is 38.4 Å². The van der Waals surface area contributed by atoms with E-state index in [9.17, 15) is 0 Å². The molecule has 3 nitrogen and oxygen atoms in total. The van der Waals surface area contributed by atoms with Crippen molar-refractivity contribution in [2.45, 2.75) is 37.5 Å². The fraction of sp³-hybridized carbons (Fsp3) is 0.115. The Hall–Kier alpha value is -6.58. The molecule has 0 saturated heterocycles. The molecule has 0 N–H and O–H groups in total. The molecule has 0 bridgehead atoms. The average molecular weight is 707 g/mol. The molecule has 2 aliphatic rings. The molecule has 7 aromatic carbocycles. The molecule has 9 aromatic rings. The Kier molecular flexibility index (Phi) is 7.41. The summed E-state index contributed by atoms with van der Waals surface area (Å²) in [6.07, 6.45) is 6.18. The van der Waals surface area contributed by atoms with Crippen molar-refractivity contribution in [2.24, 2.45) is 0 Å². The molecule has 0 atom stereocenters. The Morgan fingerprint density at radius 2 is 0.927 bits per heavy atom. The zero-order valence-electron chi connectivity index (χ0n) is 30.5. The summed E-state index contributed by atoms with van der Waals surface area (Å²) in [5.74, 6) is 0.686. The predicted octanol–water partition coefficient (Wildman–Crippen LogP) is 13.9. The van der Waals surface area contributed by atoms with E-state index in [0.717, 1.165) is 55.6 Å². The van der Waals surface area contributed by atoms with Crippen LogP contribution in [0.25, 0.3) is 89.2 Å². The zero-order valence-corrected chi connectivity index (χ0v) is 30.5. The van der Waals surface area contributed by atoms with Gasteiger partial charge in [-0.25, -0.2) is 9.97 Å². The van der Waals surface area contributed by atoms with E-state index in [0.29, 0.717) is 5.82 Å². The number of benzene rings is 7. The SMILES string of the molecule is c1ccc(-c2ccc(-c3cc(-c4cccc5c4oc4c(-c6cccc7c6C6(CCCCC6)c6ccccc6-7)cccc45)nc(-c4ccccc4)n3)cc2)cc1. The summed E-state index contributed by atoms with van der Waals surface area (Å²) < 4.78 is 7.13. The van der Waals surface area contributed by atoms with Crippen LogP contribution in [0.1, 0.15) is 43.2 Å². The highest BCUT2D eigenvalue weighted by molar-refractivity contribution is 6.13. The van der Waals surface area contributed by atoms with Gasteiger partial charge in [-0.05, 0) is 63.9 Å². The summed E-state index contributed by atoms with van der Waals surface area (Å²) in [6.45, 7) is 0. The van der Waals surface area contributed by atoms with Crippen LogP contribution >= 0.6 is 0 Å². The third kappa shape index (κ3) is 5.11. The highest BCUT2D eigenvalue weighted by Crippen LogP contribution is 2.58. The molecule has 2 heterocycles. The van der Waals surface area contributed by atoms with Gasteiger partial charge in [0.2, 0.25) is 0 Å².